The maximum absolute atomic E-state index is 11.8. The van der Waals surface area contributed by atoms with Gasteiger partial charge in [0.25, 0.3) is 0 Å². The van der Waals surface area contributed by atoms with E-state index in [0.29, 0.717) is 44.3 Å². The van der Waals surface area contributed by atoms with Crippen LogP contribution in [0.1, 0.15) is 45.4 Å². The zero-order valence-corrected chi connectivity index (χ0v) is 14.3. The first-order valence-electron chi connectivity index (χ1n) is 8.21. The van der Waals surface area contributed by atoms with Crippen LogP contribution in [-0.2, 0) is 14.4 Å². The Morgan fingerprint density at radius 3 is 1.96 bits per heavy atom. The summed E-state index contributed by atoms with van der Waals surface area (Å²) in [5.41, 5.74) is 11.7. The van der Waals surface area contributed by atoms with Crippen LogP contribution in [0, 0.1) is 0 Å². The first-order chi connectivity index (χ1) is 11.3. The molecule has 0 aromatic rings. The number of amides is 2. The molecule has 2 unspecified atom stereocenters. The SMILES string of the molecule is C=C(C)C(=O)NCCCCC(N)C(=O)NCCCCC(N)C(=O)O. The van der Waals surface area contributed by atoms with E-state index in [9.17, 15) is 14.4 Å². The van der Waals surface area contributed by atoms with Crippen molar-refractivity contribution in [2.75, 3.05) is 13.1 Å². The Kier molecular flexibility index (Phi) is 11.5. The van der Waals surface area contributed by atoms with Gasteiger partial charge in [0.2, 0.25) is 11.8 Å². The molecule has 138 valence electrons. The third kappa shape index (κ3) is 10.7. The molecular formula is C16H30N4O4. The average Bonchev–Trinajstić information content (AvgIpc) is 2.52. The van der Waals surface area contributed by atoms with Gasteiger partial charge in [-0.3, -0.25) is 14.4 Å². The fourth-order valence-corrected chi connectivity index (χ4v) is 1.93. The molecule has 0 aromatic heterocycles. The van der Waals surface area contributed by atoms with E-state index in [2.05, 4.69) is 17.2 Å². The molecule has 0 aliphatic carbocycles. The van der Waals surface area contributed by atoms with E-state index in [4.69, 9.17) is 16.6 Å². The summed E-state index contributed by atoms with van der Waals surface area (Å²) in [5, 5.41) is 14.1. The van der Waals surface area contributed by atoms with Crippen molar-refractivity contribution in [3.05, 3.63) is 12.2 Å². The Morgan fingerprint density at radius 2 is 1.46 bits per heavy atom. The van der Waals surface area contributed by atoms with Gasteiger partial charge >= 0.3 is 5.97 Å². The summed E-state index contributed by atoms with van der Waals surface area (Å²) in [4.78, 5) is 33.6. The van der Waals surface area contributed by atoms with Gasteiger partial charge in [0.05, 0.1) is 6.04 Å². The number of carboxylic acid groups (broad SMARTS) is 1. The highest BCUT2D eigenvalue weighted by molar-refractivity contribution is 5.92. The molecule has 0 heterocycles. The number of rotatable bonds is 13. The van der Waals surface area contributed by atoms with Crippen LogP contribution < -0.4 is 22.1 Å². The van der Waals surface area contributed by atoms with Crippen LogP contribution in [-0.4, -0.2) is 48.1 Å². The second-order valence-corrected chi connectivity index (χ2v) is 5.87. The van der Waals surface area contributed by atoms with Crippen LogP contribution >= 0.6 is 0 Å². The topological polar surface area (TPSA) is 148 Å². The van der Waals surface area contributed by atoms with Gasteiger partial charge in [0.1, 0.15) is 6.04 Å². The minimum atomic E-state index is -1.01. The summed E-state index contributed by atoms with van der Waals surface area (Å²) < 4.78 is 0. The number of hydrogen-bond donors (Lipinski definition) is 5. The summed E-state index contributed by atoms with van der Waals surface area (Å²) >= 11 is 0. The van der Waals surface area contributed by atoms with Crippen molar-refractivity contribution >= 4 is 17.8 Å². The Labute approximate surface area is 143 Å². The molecule has 7 N–H and O–H groups in total. The molecule has 24 heavy (non-hydrogen) atoms. The fourth-order valence-electron chi connectivity index (χ4n) is 1.93. The van der Waals surface area contributed by atoms with Gasteiger partial charge in [0, 0.05) is 18.7 Å². The molecule has 2 amide bonds. The molecule has 0 aliphatic heterocycles. The van der Waals surface area contributed by atoms with Crippen LogP contribution in [0.3, 0.4) is 0 Å². The van der Waals surface area contributed by atoms with E-state index >= 15 is 0 Å². The lowest BCUT2D eigenvalue weighted by Gasteiger charge is -2.12. The number of aliphatic carboxylic acids is 1. The highest BCUT2D eigenvalue weighted by Crippen LogP contribution is 2.01. The number of nitrogens with one attached hydrogen (secondary N) is 2. The molecule has 0 aliphatic rings. The van der Waals surface area contributed by atoms with Crippen molar-refractivity contribution in [2.24, 2.45) is 11.5 Å². The maximum Gasteiger partial charge on any atom is 0.320 e. The third-order valence-corrected chi connectivity index (χ3v) is 3.51. The first-order valence-corrected chi connectivity index (χ1v) is 8.21. The van der Waals surface area contributed by atoms with E-state index in [1.54, 1.807) is 6.92 Å². The molecule has 0 spiro atoms. The molecule has 8 heteroatoms. The van der Waals surface area contributed by atoms with Gasteiger partial charge in [-0.25, -0.2) is 0 Å². The molecule has 0 saturated carbocycles. The van der Waals surface area contributed by atoms with E-state index in [0.717, 1.165) is 12.8 Å². The number of carboxylic acids is 1. The van der Waals surface area contributed by atoms with Crippen molar-refractivity contribution in [1.82, 2.24) is 10.6 Å². The van der Waals surface area contributed by atoms with Gasteiger partial charge in [-0.05, 0) is 45.4 Å². The minimum Gasteiger partial charge on any atom is -0.480 e. The summed E-state index contributed by atoms with van der Waals surface area (Å²) in [5.74, 6) is -1.40. The lowest BCUT2D eigenvalue weighted by atomic mass is 10.1. The van der Waals surface area contributed by atoms with E-state index in [1.807, 2.05) is 0 Å². The summed E-state index contributed by atoms with van der Waals surface area (Å²) in [6.45, 7) is 6.17. The molecule has 0 rings (SSSR count). The van der Waals surface area contributed by atoms with Crippen molar-refractivity contribution in [3.8, 4) is 0 Å². The second kappa shape index (κ2) is 12.5. The quantitative estimate of drug-likeness (QED) is 0.233. The summed E-state index contributed by atoms with van der Waals surface area (Å²) in [7, 11) is 0. The van der Waals surface area contributed by atoms with E-state index < -0.39 is 18.1 Å². The molecular weight excluding hydrogens is 312 g/mol. The first kappa shape index (κ1) is 22.1. The molecule has 2 atom stereocenters. The molecule has 8 nitrogen and oxygen atoms in total. The molecule has 0 aromatic carbocycles. The fraction of sp³-hybridized carbons (Fsp3) is 0.688. The van der Waals surface area contributed by atoms with Crippen molar-refractivity contribution in [1.29, 1.82) is 0 Å². The van der Waals surface area contributed by atoms with Crippen LogP contribution in [0.15, 0.2) is 12.2 Å². The largest absolute Gasteiger partial charge is 0.480 e. The number of hydrogen-bond acceptors (Lipinski definition) is 5. The van der Waals surface area contributed by atoms with E-state index in [-0.39, 0.29) is 11.8 Å². The molecule has 0 fully saturated rings. The lowest BCUT2D eigenvalue weighted by molar-refractivity contribution is -0.138. The predicted octanol–water partition coefficient (Wildman–Crippen LogP) is -0.125. The monoisotopic (exact) mass is 342 g/mol. The van der Waals surface area contributed by atoms with Gasteiger partial charge < -0.3 is 27.2 Å². The molecule has 0 radical (unpaired) electrons. The lowest BCUT2D eigenvalue weighted by Crippen LogP contribution is -2.41. The van der Waals surface area contributed by atoms with Crippen LogP contribution in [0.4, 0.5) is 0 Å². The Bertz CT molecular complexity index is 440. The highest BCUT2D eigenvalue weighted by atomic mass is 16.4. The van der Waals surface area contributed by atoms with Crippen molar-refractivity contribution in [2.45, 2.75) is 57.5 Å². The summed E-state index contributed by atoms with van der Waals surface area (Å²) in [6, 6.07) is -1.43. The Hall–Kier alpha value is -1.93. The van der Waals surface area contributed by atoms with Crippen LogP contribution in [0.2, 0.25) is 0 Å². The number of nitrogens with two attached hydrogens (primary N) is 2. The maximum atomic E-state index is 11.8. The van der Waals surface area contributed by atoms with Crippen molar-refractivity contribution < 1.29 is 19.5 Å². The van der Waals surface area contributed by atoms with Gasteiger partial charge in [0.15, 0.2) is 0 Å². The smallest absolute Gasteiger partial charge is 0.320 e. The van der Waals surface area contributed by atoms with Crippen LogP contribution in [0.5, 0.6) is 0 Å². The standard InChI is InChI=1S/C16H30N4O4/c1-11(2)14(21)19-9-5-3-7-12(17)15(22)20-10-6-4-8-13(18)16(23)24/h12-13H,1,3-10,17-18H2,2H3,(H,19,21)(H,20,22)(H,23,24). The average molecular weight is 342 g/mol. The zero-order chi connectivity index (χ0) is 18.5. The number of carbonyl (C=O) groups excluding carboxylic acids is 2. The van der Waals surface area contributed by atoms with Crippen LogP contribution in [0.25, 0.3) is 0 Å². The van der Waals surface area contributed by atoms with E-state index in [1.165, 1.54) is 0 Å². The summed E-state index contributed by atoms with van der Waals surface area (Å²) in [6.07, 6.45) is 3.69. The zero-order valence-electron chi connectivity index (χ0n) is 14.3. The highest BCUT2D eigenvalue weighted by Gasteiger charge is 2.13. The Balaban J connectivity index is 3.64. The predicted molar refractivity (Wildman–Crippen MR) is 92.1 cm³/mol. The molecule has 0 bridgehead atoms. The van der Waals surface area contributed by atoms with Gasteiger partial charge in [-0.1, -0.05) is 6.58 Å². The Morgan fingerprint density at radius 1 is 0.958 bits per heavy atom. The molecule has 0 saturated heterocycles. The van der Waals surface area contributed by atoms with Gasteiger partial charge in [-0.15, -0.1) is 0 Å². The normalized spacial score (nSPS) is 13.0. The minimum absolute atomic E-state index is 0.167. The van der Waals surface area contributed by atoms with Crippen molar-refractivity contribution in [3.63, 3.8) is 0 Å². The second-order valence-electron chi connectivity index (χ2n) is 5.87. The number of carbonyl (C=O) groups is 3. The van der Waals surface area contributed by atoms with Gasteiger partial charge in [-0.2, -0.15) is 0 Å². The third-order valence-electron chi connectivity index (χ3n) is 3.51. The number of unbranched alkanes of at least 4 members (excludes halogenated alkanes) is 2.